The Hall–Kier alpha value is -2.01. The van der Waals surface area contributed by atoms with Gasteiger partial charge in [0.25, 0.3) is 10.1 Å². The quantitative estimate of drug-likeness (QED) is 0.688. The summed E-state index contributed by atoms with van der Waals surface area (Å²) in [6.45, 7) is 5.00. The molecule has 0 aliphatic carbocycles. The zero-order valence-electron chi connectivity index (χ0n) is 15.3. The number of nitrogens with one attached hydrogen (secondary N) is 1. The van der Waals surface area contributed by atoms with Crippen molar-refractivity contribution in [1.82, 2.24) is 5.32 Å². The molecule has 1 N–H and O–H groups in total. The average molecular weight is 413 g/mol. The first-order valence-electron chi connectivity index (χ1n) is 7.85. The molecule has 0 fully saturated rings. The second-order valence-electron chi connectivity index (χ2n) is 6.63. The van der Waals surface area contributed by atoms with Crippen molar-refractivity contribution in [2.24, 2.45) is 0 Å². The lowest BCUT2D eigenvalue weighted by molar-refractivity contribution is -0.274. The summed E-state index contributed by atoms with van der Waals surface area (Å²) in [6.07, 6.45) is -5.93. The van der Waals surface area contributed by atoms with E-state index in [0.29, 0.717) is 0 Å². The van der Waals surface area contributed by atoms with E-state index in [1.54, 1.807) is 20.8 Å². The summed E-state index contributed by atoms with van der Waals surface area (Å²) < 4.78 is 73.8. The van der Waals surface area contributed by atoms with Crippen LogP contribution in [0.4, 0.5) is 18.0 Å². The molecule has 0 heterocycles. The lowest BCUT2D eigenvalue weighted by Crippen LogP contribution is -2.33. The van der Waals surface area contributed by atoms with E-state index in [9.17, 15) is 26.4 Å². The van der Waals surface area contributed by atoms with Gasteiger partial charge >= 0.3 is 12.5 Å². The fourth-order valence-electron chi connectivity index (χ4n) is 2.01. The number of rotatable bonds is 7. The number of benzene rings is 1. The van der Waals surface area contributed by atoms with Gasteiger partial charge in [0.1, 0.15) is 17.5 Å². The van der Waals surface area contributed by atoms with Crippen molar-refractivity contribution in [1.29, 1.82) is 0 Å². The lowest BCUT2D eigenvalue weighted by Gasteiger charge is -2.21. The van der Waals surface area contributed by atoms with E-state index in [4.69, 9.17) is 8.92 Å². The molecule has 0 saturated heterocycles. The number of hydrogen-bond acceptors (Lipinski definition) is 6. The maximum absolute atomic E-state index is 12.4. The van der Waals surface area contributed by atoms with Crippen LogP contribution in [0.25, 0.3) is 0 Å². The second kappa shape index (κ2) is 8.79. The van der Waals surface area contributed by atoms with E-state index in [2.05, 4.69) is 10.1 Å². The van der Waals surface area contributed by atoms with Gasteiger partial charge in [0.05, 0.1) is 6.26 Å². The Kier molecular flexibility index (Phi) is 7.49. The Labute approximate surface area is 155 Å². The minimum atomic E-state index is -4.88. The van der Waals surface area contributed by atoms with Crippen molar-refractivity contribution in [2.75, 3.05) is 12.8 Å². The number of alkyl carbamates (subject to hydrolysis) is 1. The Morgan fingerprint density at radius 2 is 1.85 bits per heavy atom. The summed E-state index contributed by atoms with van der Waals surface area (Å²) >= 11 is 0. The molecule has 0 unspecified atom stereocenters. The van der Waals surface area contributed by atoms with Crippen LogP contribution in [-0.4, -0.2) is 39.3 Å². The van der Waals surface area contributed by atoms with Crippen molar-refractivity contribution in [2.45, 2.75) is 45.3 Å². The normalized spacial score (nSPS) is 13.7. The third kappa shape index (κ3) is 10.7. The Morgan fingerprint density at radius 1 is 1.22 bits per heavy atom. The molecular formula is C16H22F3NO6S. The molecule has 0 aliphatic rings. The first kappa shape index (κ1) is 23.0. The largest absolute Gasteiger partial charge is 0.573 e. The van der Waals surface area contributed by atoms with Crippen LogP contribution in [0.2, 0.25) is 0 Å². The predicted molar refractivity (Wildman–Crippen MR) is 90.6 cm³/mol. The highest BCUT2D eigenvalue weighted by molar-refractivity contribution is 7.86. The smallest absolute Gasteiger partial charge is 0.444 e. The van der Waals surface area contributed by atoms with Gasteiger partial charge in [-0.3, -0.25) is 4.18 Å². The molecular weight excluding hydrogens is 391 g/mol. The van der Waals surface area contributed by atoms with Crippen molar-refractivity contribution < 1.29 is 40.0 Å². The highest BCUT2D eigenvalue weighted by Gasteiger charge is 2.31. The monoisotopic (exact) mass is 413 g/mol. The molecule has 27 heavy (non-hydrogen) atoms. The van der Waals surface area contributed by atoms with Crippen LogP contribution >= 0.6 is 0 Å². The Bertz CT molecular complexity index is 743. The van der Waals surface area contributed by atoms with Crippen LogP contribution in [0.15, 0.2) is 24.3 Å². The first-order valence-corrected chi connectivity index (χ1v) is 9.67. The van der Waals surface area contributed by atoms with Crippen LogP contribution < -0.4 is 10.1 Å². The molecule has 0 spiro atoms. The molecule has 1 atom stereocenters. The highest BCUT2D eigenvalue weighted by atomic mass is 32.2. The topological polar surface area (TPSA) is 90.9 Å². The van der Waals surface area contributed by atoms with Gasteiger partial charge in [-0.15, -0.1) is 13.2 Å². The highest BCUT2D eigenvalue weighted by Crippen LogP contribution is 2.29. The molecule has 0 radical (unpaired) electrons. The van der Waals surface area contributed by atoms with Gasteiger partial charge < -0.3 is 14.8 Å². The van der Waals surface area contributed by atoms with E-state index in [0.717, 1.165) is 18.4 Å². The summed E-state index contributed by atoms with van der Waals surface area (Å²) in [7, 11) is -3.91. The number of hydrogen-bond donors (Lipinski definition) is 1. The molecule has 1 rings (SSSR count). The summed E-state index contributed by atoms with van der Waals surface area (Å²) in [5.74, 6) is -0.512. The van der Waals surface area contributed by atoms with Gasteiger partial charge in [-0.1, -0.05) is 12.1 Å². The first-order chi connectivity index (χ1) is 12.1. The third-order valence-corrected chi connectivity index (χ3v) is 3.41. The summed E-state index contributed by atoms with van der Waals surface area (Å²) in [5, 5.41) is 2.43. The van der Waals surface area contributed by atoms with E-state index < -0.39 is 40.0 Å². The van der Waals surface area contributed by atoms with E-state index >= 15 is 0 Å². The minimum absolute atomic E-state index is 0.0260. The van der Waals surface area contributed by atoms with Crippen molar-refractivity contribution in [3.8, 4) is 5.75 Å². The molecule has 0 saturated carbocycles. The maximum atomic E-state index is 12.4. The fraction of sp³-hybridized carbons (Fsp3) is 0.562. The van der Waals surface area contributed by atoms with Crippen LogP contribution in [-0.2, 0) is 19.0 Å². The SMILES string of the molecule is CC(C)(C)OC(=O)NCC[C@H](OS(C)(=O)=O)c1cccc(OC(F)(F)F)c1. The van der Waals surface area contributed by atoms with Gasteiger partial charge in [-0.25, -0.2) is 4.79 Å². The molecule has 154 valence electrons. The minimum Gasteiger partial charge on any atom is -0.444 e. The van der Waals surface area contributed by atoms with Crippen LogP contribution in [0, 0.1) is 0 Å². The van der Waals surface area contributed by atoms with Gasteiger partial charge in [0.15, 0.2) is 0 Å². The molecule has 0 aromatic heterocycles. The summed E-state index contributed by atoms with van der Waals surface area (Å²) in [6, 6.07) is 4.77. The third-order valence-electron chi connectivity index (χ3n) is 2.83. The number of carbonyl (C=O) groups excluding carboxylic acids is 1. The molecule has 0 bridgehead atoms. The van der Waals surface area contributed by atoms with Crippen molar-refractivity contribution in [3.63, 3.8) is 0 Å². The van der Waals surface area contributed by atoms with E-state index in [1.165, 1.54) is 12.1 Å². The van der Waals surface area contributed by atoms with Gasteiger partial charge in [0.2, 0.25) is 0 Å². The predicted octanol–water partition coefficient (Wildman–Crippen LogP) is 3.52. The maximum Gasteiger partial charge on any atom is 0.573 e. The molecule has 1 aromatic rings. The number of halogens is 3. The van der Waals surface area contributed by atoms with Crippen molar-refractivity contribution in [3.05, 3.63) is 29.8 Å². The molecule has 0 aliphatic heterocycles. The average Bonchev–Trinajstić information content (AvgIpc) is 2.41. The molecule has 7 nitrogen and oxygen atoms in total. The zero-order chi connectivity index (χ0) is 20.9. The summed E-state index contributed by atoms with van der Waals surface area (Å²) in [4.78, 5) is 11.6. The summed E-state index contributed by atoms with van der Waals surface area (Å²) in [5.41, 5.74) is -0.566. The van der Waals surface area contributed by atoms with Crippen molar-refractivity contribution >= 4 is 16.2 Å². The standard InChI is InChI=1S/C16H22F3NO6S/c1-15(2,3)25-14(21)20-9-8-13(26-27(4,22)23)11-6-5-7-12(10-11)24-16(17,18)19/h5-7,10,13H,8-9H2,1-4H3,(H,20,21)/t13-/m0/s1. The van der Waals surface area contributed by atoms with E-state index in [1.807, 2.05) is 0 Å². The van der Waals surface area contributed by atoms with Crippen LogP contribution in [0.5, 0.6) is 5.75 Å². The Balaban J connectivity index is 2.86. The molecule has 1 amide bonds. The van der Waals surface area contributed by atoms with E-state index in [-0.39, 0.29) is 18.5 Å². The van der Waals surface area contributed by atoms with Crippen LogP contribution in [0.3, 0.4) is 0 Å². The molecule has 1 aromatic carbocycles. The number of amides is 1. The van der Waals surface area contributed by atoms with Gasteiger partial charge in [-0.05, 0) is 44.9 Å². The Morgan fingerprint density at radius 3 is 2.37 bits per heavy atom. The number of ether oxygens (including phenoxy) is 2. The van der Waals surface area contributed by atoms with Gasteiger partial charge in [-0.2, -0.15) is 8.42 Å². The second-order valence-corrected chi connectivity index (χ2v) is 8.23. The van der Waals surface area contributed by atoms with Gasteiger partial charge in [0, 0.05) is 6.54 Å². The van der Waals surface area contributed by atoms with Crippen LogP contribution in [0.1, 0.15) is 38.9 Å². The lowest BCUT2D eigenvalue weighted by atomic mass is 10.1. The fourth-order valence-corrected chi connectivity index (χ4v) is 2.64. The number of alkyl halides is 3. The zero-order valence-corrected chi connectivity index (χ0v) is 16.1. The number of carbonyl (C=O) groups is 1. The molecule has 11 heteroatoms.